The Kier molecular flexibility index (Phi) is 8.79. The summed E-state index contributed by atoms with van der Waals surface area (Å²) in [6.07, 6.45) is 7.75. The molecule has 2 N–H and O–H groups in total. The van der Waals surface area contributed by atoms with Crippen molar-refractivity contribution in [2.75, 3.05) is 19.0 Å². The van der Waals surface area contributed by atoms with Gasteiger partial charge in [-0.05, 0) is 30.8 Å². The highest BCUT2D eigenvalue weighted by Crippen LogP contribution is 2.22. The first-order valence-electron chi connectivity index (χ1n) is 7.45. The SMILES string of the molecule is CCCCCCCCNC(=S)Nc1ccccc1OC. The van der Waals surface area contributed by atoms with E-state index >= 15 is 0 Å². The number of hydrogen-bond donors (Lipinski definition) is 2. The van der Waals surface area contributed by atoms with Crippen LogP contribution in [0, 0.1) is 0 Å². The predicted octanol–water partition coefficient (Wildman–Crippen LogP) is 4.34. The first-order valence-corrected chi connectivity index (χ1v) is 7.86. The van der Waals surface area contributed by atoms with Gasteiger partial charge in [0.25, 0.3) is 0 Å². The topological polar surface area (TPSA) is 33.3 Å². The van der Waals surface area contributed by atoms with E-state index in [4.69, 9.17) is 17.0 Å². The van der Waals surface area contributed by atoms with Gasteiger partial charge in [0.05, 0.1) is 12.8 Å². The van der Waals surface area contributed by atoms with Crippen molar-refractivity contribution in [2.45, 2.75) is 45.4 Å². The summed E-state index contributed by atoms with van der Waals surface area (Å²) in [4.78, 5) is 0. The minimum absolute atomic E-state index is 0.656. The summed E-state index contributed by atoms with van der Waals surface area (Å²) in [6.45, 7) is 3.16. The zero-order valence-electron chi connectivity index (χ0n) is 12.6. The van der Waals surface area contributed by atoms with Gasteiger partial charge in [0.2, 0.25) is 0 Å². The minimum Gasteiger partial charge on any atom is -0.495 e. The molecule has 1 rings (SSSR count). The Morgan fingerprint density at radius 2 is 1.80 bits per heavy atom. The van der Waals surface area contributed by atoms with Crippen molar-refractivity contribution < 1.29 is 4.74 Å². The predicted molar refractivity (Wildman–Crippen MR) is 90.6 cm³/mol. The molecule has 0 aliphatic heterocycles. The molecule has 0 amide bonds. The summed E-state index contributed by atoms with van der Waals surface area (Å²) in [5.74, 6) is 0.802. The summed E-state index contributed by atoms with van der Waals surface area (Å²) >= 11 is 5.29. The molecule has 0 aliphatic carbocycles. The summed E-state index contributed by atoms with van der Waals surface area (Å²) in [5, 5.41) is 7.06. The third-order valence-electron chi connectivity index (χ3n) is 3.17. The van der Waals surface area contributed by atoms with E-state index in [2.05, 4.69) is 17.6 Å². The monoisotopic (exact) mass is 294 g/mol. The lowest BCUT2D eigenvalue weighted by molar-refractivity contribution is 0.417. The van der Waals surface area contributed by atoms with Crippen LogP contribution in [0.5, 0.6) is 5.75 Å². The second-order valence-corrected chi connectivity index (χ2v) is 5.26. The van der Waals surface area contributed by atoms with Crippen LogP contribution in [-0.4, -0.2) is 18.8 Å². The molecule has 112 valence electrons. The molecule has 0 aromatic heterocycles. The average Bonchev–Trinajstić information content (AvgIpc) is 2.47. The number of benzene rings is 1. The number of nitrogens with one attached hydrogen (secondary N) is 2. The van der Waals surface area contributed by atoms with Crippen molar-refractivity contribution in [2.24, 2.45) is 0 Å². The van der Waals surface area contributed by atoms with Gasteiger partial charge >= 0.3 is 0 Å². The van der Waals surface area contributed by atoms with E-state index in [0.29, 0.717) is 5.11 Å². The van der Waals surface area contributed by atoms with E-state index in [-0.39, 0.29) is 0 Å². The molecule has 4 heteroatoms. The molecule has 0 fully saturated rings. The average molecular weight is 294 g/mol. The maximum absolute atomic E-state index is 5.29. The molecule has 0 spiro atoms. The van der Waals surface area contributed by atoms with Crippen molar-refractivity contribution in [3.05, 3.63) is 24.3 Å². The van der Waals surface area contributed by atoms with Gasteiger partial charge in [-0.1, -0.05) is 51.2 Å². The fraction of sp³-hybridized carbons (Fsp3) is 0.562. The molecule has 0 saturated heterocycles. The van der Waals surface area contributed by atoms with Crippen LogP contribution in [0.4, 0.5) is 5.69 Å². The van der Waals surface area contributed by atoms with Gasteiger partial charge in [0.1, 0.15) is 5.75 Å². The largest absolute Gasteiger partial charge is 0.495 e. The number of thiocarbonyl (C=S) groups is 1. The van der Waals surface area contributed by atoms with Crippen molar-refractivity contribution in [1.82, 2.24) is 5.32 Å². The quantitative estimate of drug-likeness (QED) is 0.524. The molecule has 0 unspecified atom stereocenters. The van der Waals surface area contributed by atoms with Gasteiger partial charge in [0, 0.05) is 6.54 Å². The van der Waals surface area contributed by atoms with Gasteiger partial charge in [-0.25, -0.2) is 0 Å². The summed E-state index contributed by atoms with van der Waals surface area (Å²) in [6, 6.07) is 7.77. The maximum Gasteiger partial charge on any atom is 0.170 e. The fourth-order valence-electron chi connectivity index (χ4n) is 2.02. The highest BCUT2D eigenvalue weighted by Gasteiger charge is 2.02. The second-order valence-electron chi connectivity index (χ2n) is 4.85. The number of hydrogen-bond acceptors (Lipinski definition) is 2. The minimum atomic E-state index is 0.656. The second kappa shape index (κ2) is 10.5. The smallest absolute Gasteiger partial charge is 0.170 e. The van der Waals surface area contributed by atoms with Crippen LogP contribution in [0.1, 0.15) is 45.4 Å². The Labute approximate surface area is 128 Å². The molecular weight excluding hydrogens is 268 g/mol. The summed E-state index contributed by atoms with van der Waals surface area (Å²) in [5.41, 5.74) is 0.899. The summed E-state index contributed by atoms with van der Waals surface area (Å²) < 4.78 is 5.28. The third-order valence-corrected chi connectivity index (χ3v) is 3.42. The molecule has 20 heavy (non-hydrogen) atoms. The van der Waals surface area contributed by atoms with Crippen molar-refractivity contribution in [3.63, 3.8) is 0 Å². The number of anilines is 1. The van der Waals surface area contributed by atoms with E-state index < -0.39 is 0 Å². The summed E-state index contributed by atoms with van der Waals surface area (Å²) in [7, 11) is 1.66. The Hall–Kier alpha value is -1.29. The molecule has 0 heterocycles. The van der Waals surface area contributed by atoms with Gasteiger partial charge < -0.3 is 15.4 Å². The van der Waals surface area contributed by atoms with Gasteiger partial charge in [-0.15, -0.1) is 0 Å². The Morgan fingerprint density at radius 3 is 2.55 bits per heavy atom. The van der Waals surface area contributed by atoms with Crippen LogP contribution in [0.2, 0.25) is 0 Å². The van der Waals surface area contributed by atoms with Gasteiger partial charge in [-0.2, -0.15) is 0 Å². The molecule has 3 nitrogen and oxygen atoms in total. The molecule has 0 atom stereocenters. The molecule has 0 radical (unpaired) electrons. The number of methoxy groups -OCH3 is 1. The highest BCUT2D eigenvalue weighted by molar-refractivity contribution is 7.80. The Balaban J connectivity index is 2.17. The standard InChI is InChI=1S/C16H26N2OS/c1-3-4-5-6-7-10-13-17-16(20)18-14-11-8-9-12-15(14)19-2/h8-9,11-12H,3-7,10,13H2,1-2H3,(H2,17,18,20). The normalized spacial score (nSPS) is 10.1. The van der Waals surface area contributed by atoms with E-state index in [1.807, 2.05) is 24.3 Å². The first-order chi connectivity index (χ1) is 9.77. The van der Waals surface area contributed by atoms with Gasteiger partial charge in [0.15, 0.2) is 5.11 Å². The Morgan fingerprint density at radius 1 is 1.10 bits per heavy atom. The lowest BCUT2D eigenvalue weighted by Gasteiger charge is -2.13. The van der Waals surface area contributed by atoms with Crippen molar-refractivity contribution in [1.29, 1.82) is 0 Å². The van der Waals surface area contributed by atoms with Crippen LogP contribution >= 0.6 is 12.2 Å². The number of para-hydroxylation sites is 2. The third kappa shape index (κ3) is 6.75. The maximum atomic E-state index is 5.29. The fourth-order valence-corrected chi connectivity index (χ4v) is 2.23. The van der Waals surface area contributed by atoms with Gasteiger partial charge in [-0.3, -0.25) is 0 Å². The molecule has 1 aromatic rings. The Bertz CT molecular complexity index is 396. The zero-order valence-corrected chi connectivity index (χ0v) is 13.4. The van der Waals surface area contributed by atoms with Crippen LogP contribution in [0.3, 0.4) is 0 Å². The molecule has 1 aromatic carbocycles. The number of unbranched alkanes of at least 4 members (excludes halogenated alkanes) is 5. The lowest BCUT2D eigenvalue weighted by atomic mass is 10.1. The molecule has 0 saturated carbocycles. The van der Waals surface area contributed by atoms with Crippen LogP contribution < -0.4 is 15.4 Å². The highest BCUT2D eigenvalue weighted by atomic mass is 32.1. The van der Waals surface area contributed by atoms with Crippen LogP contribution in [-0.2, 0) is 0 Å². The van der Waals surface area contributed by atoms with E-state index in [1.165, 1.54) is 32.1 Å². The van der Waals surface area contributed by atoms with Crippen LogP contribution in [0.15, 0.2) is 24.3 Å². The van der Waals surface area contributed by atoms with E-state index in [0.717, 1.165) is 24.4 Å². The van der Waals surface area contributed by atoms with Crippen LogP contribution in [0.25, 0.3) is 0 Å². The molecule has 0 aliphatic rings. The van der Waals surface area contributed by atoms with E-state index in [1.54, 1.807) is 7.11 Å². The van der Waals surface area contributed by atoms with E-state index in [9.17, 15) is 0 Å². The first kappa shape index (κ1) is 16.8. The molecular formula is C16H26N2OS. The van der Waals surface area contributed by atoms with Crippen molar-refractivity contribution in [3.8, 4) is 5.75 Å². The molecule has 0 bridgehead atoms. The zero-order chi connectivity index (χ0) is 14.6. The van der Waals surface area contributed by atoms with Crippen molar-refractivity contribution >= 4 is 23.0 Å². The number of ether oxygens (including phenoxy) is 1. The number of rotatable bonds is 9. The lowest BCUT2D eigenvalue weighted by Crippen LogP contribution is -2.29.